The summed E-state index contributed by atoms with van der Waals surface area (Å²) in [6.45, 7) is 8.42. The Morgan fingerprint density at radius 2 is 0.750 bits per heavy atom. The molecule has 0 aromatic carbocycles. The van der Waals surface area contributed by atoms with Crippen LogP contribution in [0.4, 0.5) is 0 Å². The van der Waals surface area contributed by atoms with E-state index in [0.717, 1.165) is 0 Å². The van der Waals surface area contributed by atoms with Crippen LogP contribution in [0.15, 0.2) is 0 Å². The minimum absolute atomic E-state index is 0.245. The molecule has 0 aromatic rings. The summed E-state index contributed by atoms with van der Waals surface area (Å²) < 4.78 is 46.7. The number of esters is 2. The van der Waals surface area contributed by atoms with Crippen molar-refractivity contribution in [3.05, 3.63) is 0 Å². The second-order valence-electron chi connectivity index (χ2n) is 6.17. The van der Waals surface area contributed by atoms with Crippen molar-refractivity contribution in [2.45, 2.75) is 19.8 Å². The van der Waals surface area contributed by atoms with Crippen molar-refractivity contribution in [2.75, 3.05) is 106 Å². The molecular formula is C21H40O11. The minimum Gasteiger partial charge on any atom is -0.469 e. The van der Waals surface area contributed by atoms with Crippen LogP contribution >= 0.6 is 0 Å². The number of methoxy groups -OCH3 is 1. The van der Waals surface area contributed by atoms with Crippen molar-refractivity contribution < 1.29 is 52.2 Å². The first-order valence-corrected chi connectivity index (χ1v) is 11.0. The molecule has 0 bridgehead atoms. The number of carbonyl (C=O) groups is 2. The first kappa shape index (κ1) is 30.7. The van der Waals surface area contributed by atoms with Gasteiger partial charge in [-0.05, 0) is 6.92 Å². The fraction of sp³-hybridized carbons (Fsp3) is 0.905. The van der Waals surface area contributed by atoms with E-state index in [1.807, 2.05) is 0 Å². The SMILES string of the molecule is CCOC(=O)CCOCCOCCOCCOCCOCCOCCOCCC(=O)OC. The predicted octanol–water partition coefficient (Wildman–Crippen LogP) is 0.619. The van der Waals surface area contributed by atoms with Gasteiger partial charge in [0.2, 0.25) is 0 Å². The van der Waals surface area contributed by atoms with Crippen molar-refractivity contribution in [3.63, 3.8) is 0 Å². The van der Waals surface area contributed by atoms with E-state index in [1.165, 1.54) is 7.11 Å². The highest BCUT2D eigenvalue weighted by Gasteiger charge is 2.01. The number of ether oxygens (including phenoxy) is 9. The highest BCUT2D eigenvalue weighted by atomic mass is 16.6. The van der Waals surface area contributed by atoms with Gasteiger partial charge >= 0.3 is 11.9 Å². The van der Waals surface area contributed by atoms with Gasteiger partial charge in [-0.2, -0.15) is 0 Å². The molecular weight excluding hydrogens is 428 g/mol. The molecule has 0 heterocycles. The Morgan fingerprint density at radius 3 is 1.03 bits per heavy atom. The summed E-state index contributed by atoms with van der Waals surface area (Å²) in [7, 11) is 1.35. The first-order chi connectivity index (χ1) is 15.7. The van der Waals surface area contributed by atoms with Gasteiger partial charge in [0, 0.05) is 0 Å². The Labute approximate surface area is 190 Å². The van der Waals surface area contributed by atoms with Crippen molar-refractivity contribution >= 4 is 11.9 Å². The number of hydrogen-bond donors (Lipinski definition) is 0. The fourth-order valence-electron chi connectivity index (χ4n) is 2.07. The van der Waals surface area contributed by atoms with Crippen molar-refractivity contribution in [1.82, 2.24) is 0 Å². The van der Waals surface area contributed by atoms with Gasteiger partial charge in [-0.3, -0.25) is 9.59 Å². The van der Waals surface area contributed by atoms with E-state index >= 15 is 0 Å². The van der Waals surface area contributed by atoms with E-state index in [4.69, 9.17) is 37.9 Å². The Bertz CT molecular complexity index is 421. The first-order valence-electron chi connectivity index (χ1n) is 11.0. The summed E-state index contributed by atoms with van der Waals surface area (Å²) in [5.41, 5.74) is 0. The molecule has 0 fully saturated rings. The maximum atomic E-state index is 11.1. The van der Waals surface area contributed by atoms with Crippen LogP contribution in [0.2, 0.25) is 0 Å². The third kappa shape index (κ3) is 24.9. The molecule has 190 valence electrons. The van der Waals surface area contributed by atoms with Gasteiger partial charge < -0.3 is 42.6 Å². The number of rotatable bonds is 25. The van der Waals surface area contributed by atoms with E-state index in [2.05, 4.69) is 4.74 Å². The molecule has 0 aliphatic heterocycles. The topological polar surface area (TPSA) is 117 Å². The van der Waals surface area contributed by atoms with Crippen LogP contribution in [-0.4, -0.2) is 118 Å². The van der Waals surface area contributed by atoms with Crippen LogP contribution in [0.25, 0.3) is 0 Å². The van der Waals surface area contributed by atoms with Crippen molar-refractivity contribution in [2.24, 2.45) is 0 Å². The highest BCUT2D eigenvalue weighted by molar-refractivity contribution is 5.69. The molecule has 0 atom stereocenters. The van der Waals surface area contributed by atoms with Gasteiger partial charge in [0.05, 0.1) is 119 Å². The van der Waals surface area contributed by atoms with E-state index in [0.29, 0.717) is 99.1 Å². The Balaban J connectivity index is 3.06. The average Bonchev–Trinajstić information content (AvgIpc) is 2.79. The van der Waals surface area contributed by atoms with Crippen molar-refractivity contribution in [3.8, 4) is 0 Å². The molecule has 0 rings (SSSR count). The largest absolute Gasteiger partial charge is 0.469 e. The normalized spacial score (nSPS) is 10.9. The lowest BCUT2D eigenvalue weighted by molar-refractivity contribution is -0.144. The van der Waals surface area contributed by atoms with Crippen LogP contribution < -0.4 is 0 Å². The van der Waals surface area contributed by atoms with Gasteiger partial charge in [-0.25, -0.2) is 0 Å². The monoisotopic (exact) mass is 468 g/mol. The molecule has 0 aromatic heterocycles. The zero-order valence-corrected chi connectivity index (χ0v) is 19.5. The summed E-state index contributed by atoms with van der Waals surface area (Å²) in [6.07, 6.45) is 0.501. The Morgan fingerprint density at radius 1 is 0.469 bits per heavy atom. The second kappa shape index (κ2) is 25.9. The summed E-state index contributed by atoms with van der Waals surface area (Å²) in [5.74, 6) is -0.540. The fourth-order valence-corrected chi connectivity index (χ4v) is 2.07. The lowest BCUT2D eigenvalue weighted by Crippen LogP contribution is -2.15. The van der Waals surface area contributed by atoms with E-state index in [1.54, 1.807) is 6.92 Å². The maximum Gasteiger partial charge on any atom is 0.308 e. The molecule has 32 heavy (non-hydrogen) atoms. The molecule has 0 spiro atoms. The van der Waals surface area contributed by atoms with Crippen LogP contribution in [0, 0.1) is 0 Å². The van der Waals surface area contributed by atoms with E-state index in [9.17, 15) is 9.59 Å². The third-order valence-electron chi connectivity index (χ3n) is 3.67. The molecule has 0 unspecified atom stereocenters. The minimum atomic E-state index is -0.287. The summed E-state index contributed by atoms with van der Waals surface area (Å²) in [4.78, 5) is 22.0. The molecule has 0 saturated heterocycles. The summed E-state index contributed by atoms with van der Waals surface area (Å²) in [6, 6.07) is 0. The van der Waals surface area contributed by atoms with Gasteiger partial charge in [-0.1, -0.05) is 0 Å². The van der Waals surface area contributed by atoms with Gasteiger partial charge in [-0.15, -0.1) is 0 Å². The van der Waals surface area contributed by atoms with Gasteiger partial charge in [0.15, 0.2) is 0 Å². The van der Waals surface area contributed by atoms with E-state index in [-0.39, 0.29) is 24.8 Å². The highest BCUT2D eigenvalue weighted by Crippen LogP contribution is 1.89. The predicted molar refractivity (Wildman–Crippen MR) is 114 cm³/mol. The molecule has 0 aliphatic rings. The Hall–Kier alpha value is -1.34. The number of hydrogen-bond acceptors (Lipinski definition) is 11. The van der Waals surface area contributed by atoms with Crippen molar-refractivity contribution in [1.29, 1.82) is 0 Å². The van der Waals surface area contributed by atoms with Crippen LogP contribution in [0.3, 0.4) is 0 Å². The molecule has 11 heteroatoms. The molecule has 0 amide bonds. The molecule has 0 radical (unpaired) electrons. The molecule has 0 aliphatic carbocycles. The maximum absolute atomic E-state index is 11.1. The zero-order valence-electron chi connectivity index (χ0n) is 19.5. The lowest BCUT2D eigenvalue weighted by Gasteiger charge is -2.08. The summed E-state index contributed by atoms with van der Waals surface area (Å²) in [5, 5.41) is 0. The molecule has 0 saturated carbocycles. The lowest BCUT2D eigenvalue weighted by atomic mass is 10.5. The van der Waals surface area contributed by atoms with Gasteiger partial charge in [0.25, 0.3) is 0 Å². The standard InChI is InChI=1S/C21H40O11/c1-3-32-21(23)5-7-26-9-11-28-13-15-30-17-19-31-18-16-29-14-12-27-10-8-25-6-4-20(22)24-2/h3-19H2,1-2H3. The van der Waals surface area contributed by atoms with Gasteiger partial charge in [0.1, 0.15) is 0 Å². The number of carbonyl (C=O) groups excluding carboxylic acids is 2. The smallest absolute Gasteiger partial charge is 0.308 e. The third-order valence-corrected chi connectivity index (χ3v) is 3.67. The average molecular weight is 469 g/mol. The molecule has 11 nitrogen and oxygen atoms in total. The second-order valence-corrected chi connectivity index (χ2v) is 6.17. The van der Waals surface area contributed by atoms with Crippen LogP contribution in [-0.2, 0) is 52.2 Å². The zero-order chi connectivity index (χ0) is 23.5. The summed E-state index contributed by atoms with van der Waals surface area (Å²) >= 11 is 0. The van der Waals surface area contributed by atoms with Crippen LogP contribution in [0.5, 0.6) is 0 Å². The Kier molecular flexibility index (Phi) is 24.8. The quantitative estimate of drug-likeness (QED) is 0.139. The molecule has 0 N–H and O–H groups in total. The van der Waals surface area contributed by atoms with Crippen LogP contribution in [0.1, 0.15) is 19.8 Å². The van der Waals surface area contributed by atoms with E-state index < -0.39 is 0 Å².